The molecular formula is C27H20N2O5. The van der Waals surface area contributed by atoms with Gasteiger partial charge in [-0.15, -0.1) is 0 Å². The summed E-state index contributed by atoms with van der Waals surface area (Å²) >= 11 is 0. The Kier molecular flexibility index (Phi) is 4.53. The number of hydroxylamine groups is 1. The van der Waals surface area contributed by atoms with Gasteiger partial charge in [-0.25, -0.2) is 9.96 Å². The van der Waals surface area contributed by atoms with Crippen LogP contribution in [-0.4, -0.2) is 28.1 Å². The molecule has 2 aliphatic rings. The number of benzene rings is 4. The van der Waals surface area contributed by atoms with Crippen LogP contribution in [0.15, 0.2) is 91.0 Å². The number of amides is 2. The van der Waals surface area contributed by atoms with Gasteiger partial charge >= 0.3 is 0 Å². The first-order valence-corrected chi connectivity index (χ1v) is 10.9. The van der Waals surface area contributed by atoms with E-state index in [1.807, 2.05) is 66.7 Å². The van der Waals surface area contributed by atoms with Crippen molar-refractivity contribution in [3.05, 3.63) is 96.6 Å². The van der Waals surface area contributed by atoms with Crippen molar-refractivity contribution in [2.24, 2.45) is 5.92 Å². The maximum absolute atomic E-state index is 13.8. The zero-order valence-electron chi connectivity index (χ0n) is 17.9. The average molecular weight is 452 g/mol. The van der Waals surface area contributed by atoms with Gasteiger partial charge in [0.25, 0.3) is 5.91 Å². The van der Waals surface area contributed by atoms with Crippen molar-refractivity contribution in [3.63, 3.8) is 0 Å². The molecule has 168 valence electrons. The average Bonchev–Trinajstić information content (AvgIpc) is 3.37. The first-order valence-electron chi connectivity index (χ1n) is 10.9. The van der Waals surface area contributed by atoms with Crippen molar-refractivity contribution in [3.8, 4) is 11.5 Å². The lowest BCUT2D eigenvalue weighted by Crippen LogP contribution is -2.37. The van der Waals surface area contributed by atoms with E-state index >= 15 is 0 Å². The molecule has 4 aromatic rings. The molecular weight excluding hydrogens is 432 g/mol. The van der Waals surface area contributed by atoms with Crippen molar-refractivity contribution >= 4 is 34.0 Å². The smallest absolute Gasteiger partial charge is 0.266 e. The Morgan fingerprint density at radius 1 is 0.735 bits per heavy atom. The summed E-state index contributed by atoms with van der Waals surface area (Å²) in [5.74, 6) is -2.22. The van der Waals surface area contributed by atoms with Gasteiger partial charge in [-0.1, -0.05) is 60.7 Å². The fraction of sp³-hybridized carbons (Fsp3) is 0.111. The summed E-state index contributed by atoms with van der Waals surface area (Å²) in [5.41, 5.74) is 1.74. The second-order valence-electron chi connectivity index (χ2n) is 8.42. The molecule has 4 aromatic carbocycles. The Balaban J connectivity index is 1.48. The fourth-order valence-electron chi connectivity index (χ4n) is 4.92. The minimum absolute atomic E-state index is 0.267. The van der Waals surface area contributed by atoms with E-state index in [9.17, 15) is 19.8 Å². The number of aromatic hydroxyl groups is 2. The van der Waals surface area contributed by atoms with Crippen LogP contribution in [0.1, 0.15) is 11.6 Å². The number of hydrogen-bond acceptors (Lipinski definition) is 6. The summed E-state index contributed by atoms with van der Waals surface area (Å²) in [4.78, 5) is 34.8. The Morgan fingerprint density at radius 3 is 2.26 bits per heavy atom. The number of fused-ring (bicyclic) bond motifs is 2. The molecule has 0 radical (unpaired) electrons. The Bertz CT molecular complexity index is 1430. The van der Waals surface area contributed by atoms with E-state index in [0.717, 1.165) is 10.8 Å². The quantitative estimate of drug-likeness (QED) is 0.356. The van der Waals surface area contributed by atoms with Crippen LogP contribution in [0.3, 0.4) is 0 Å². The second kappa shape index (κ2) is 7.60. The zero-order chi connectivity index (χ0) is 23.4. The molecule has 0 spiro atoms. The van der Waals surface area contributed by atoms with E-state index in [-0.39, 0.29) is 17.4 Å². The van der Waals surface area contributed by atoms with Crippen LogP contribution in [0.5, 0.6) is 11.5 Å². The molecule has 0 aliphatic carbocycles. The van der Waals surface area contributed by atoms with Crippen LogP contribution >= 0.6 is 0 Å². The lowest BCUT2D eigenvalue weighted by Gasteiger charge is -2.29. The SMILES string of the molecule is O=C1[C@@H]2[C@@H](c3ccc(O)c(O)c3)N(c3ccccc3)O[C@H]2C(=O)N1c1cccc2ccccc12. The third-order valence-electron chi connectivity index (χ3n) is 6.47. The summed E-state index contributed by atoms with van der Waals surface area (Å²) in [6, 6.07) is 26.0. The van der Waals surface area contributed by atoms with Crippen molar-refractivity contribution in [1.82, 2.24) is 0 Å². The van der Waals surface area contributed by atoms with Gasteiger partial charge in [0, 0.05) is 5.39 Å². The van der Waals surface area contributed by atoms with Gasteiger partial charge in [-0.2, -0.15) is 0 Å². The molecule has 2 amide bonds. The van der Waals surface area contributed by atoms with Gasteiger partial charge in [-0.05, 0) is 41.3 Å². The van der Waals surface area contributed by atoms with Crippen molar-refractivity contribution in [1.29, 1.82) is 0 Å². The van der Waals surface area contributed by atoms with Gasteiger partial charge in [0.1, 0.15) is 5.92 Å². The molecule has 6 rings (SSSR count). The second-order valence-corrected chi connectivity index (χ2v) is 8.42. The topological polar surface area (TPSA) is 90.3 Å². The van der Waals surface area contributed by atoms with E-state index < -0.39 is 24.0 Å². The molecule has 2 saturated heterocycles. The van der Waals surface area contributed by atoms with Crippen molar-refractivity contribution in [2.75, 3.05) is 9.96 Å². The summed E-state index contributed by atoms with van der Waals surface area (Å²) in [6.45, 7) is 0. The lowest BCUT2D eigenvalue weighted by molar-refractivity contribution is -0.126. The number of anilines is 2. The van der Waals surface area contributed by atoms with Crippen LogP contribution in [0.2, 0.25) is 0 Å². The summed E-state index contributed by atoms with van der Waals surface area (Å²) in [5, 5.41) is 23.2. The van der Waals surface area contributed by atoms with Crippen LogP contribution in [-0.2, 0) is 14.4 Å². The molecule has 2 fully saturated rings. The van der Waals surface area contributed by atoms with Crippen LogP contribution in [0.25, 0.3) is 10.8 Å². The van der Waals surface area contributed by atoms with E-state index in [1.165, 1.54) is 17.0 Å². The van der Waals surface area contributed by atoms with E-state index in [1.54, 1.807) is 17.2 Å². The number of para-hydroxylation sites is 1. The third-order valence-corrected chi connectivity index (χ3v) is 6.47. The number of phenolic OH excluding ortho intramolecular Hbond substituents is 2. The maximum atomic E-state index is 13.8. The summed E-state index contributed by atoms with van der Waals surface area (Å²) in [6.07, 6.45) is -1.02. The highest BCUT2D eigenvalue weighted by Gasteiger charge is 2.60. The molecule has 7 nitrogen and oxygen atoms in total. The minimum atomic E-state index is -1.02. The van der Waals surface area contributed by atoms with Gasteiger partial charge < -0.3 is 10.2 Å². The highest BCUT2D eigenvalue weighted by atomic mass is 16.7. The Labute approximate surface area is 195 Å². The lowest BCUT2D eigenvalue weighted by atomic mass is 9.90. The van der Waals surface area contributed by atoms with Gasteiger partial charge in [0.2, 0.25) is 5.91 Å². The normalized spacial score (nSPS) is 21.9. The van der Waals surface area contributed by atoms with Crippen LogP contribution in [0, 0.1) is 5.92 Å². The molecule has 0 saturated carbocycles. The fourth-order valence-corrected chi connectivity index (χ4v) is 4.92. The van der Waals surface area contributed by atoms with Crippen molar-refractivity contribution in [2.45, 2.75) is 12.1 Å². The third kappa shape index (κ3) is 2.94. The molecule has 0 aromatic heterocycles. The number of phenols is 2. The molecule has 3 atom stereocenters. The van der Waals surface area contributed by atoms with E-state index in [4.69, 9.17) is 4.84 Å². The molecule has 7 heteroatoms. The first-order chi connectivity index (χ1) is 16.5. The van der Waals surface area contributed by atoms with Gasteiger partial charge in [0.05, 0.1) is 17.4 Å². The molecule has 34 heavy (non-hydrogen) atoms. The highest BCUT2D eigenvalue weighted by Crippen LogP contribution is 2.49. The number of carbonyl (C=O) groups excluding carboxylic acids is 2. The molecule has 2 aliphatic heterocycles. The van der Waals surface area contributed by atoms with Gasteiger partial charge in [-0.3, -0.25) is 14.4 Å². The molecule has 2 heterocycles. The summed E-state index contributed by atoms with van der Waals surface area (Å²) < 4.78 is 0. The number of imide groups is 1. The monoisotopic (exact) mass is 452 g/mol. The van der Waals surface area contributed by atoms with Crippen molar-refractivity contribution < 1.29 is 24.6 Å². The molecule has 0 bridgehead atoms. The number of nitrogens with zero attached hydrogens (tertiary/aromatic N) is 2. The summed E-state index contributed by atoms with van der Waals surface area (Å²) in [7, 11) is 0. The standard InChI is InChI=1S/C27H20N2O5/c30-21-14-13-17(15-22(21)31)24-23-25(34-29(24)18-9-2-1-3-10-18)27(33)28(26(23)32)20-12-6-8-16-7-4-5-11-19(16)20/h1-15,23-25,30-31H/t23-,24-,25-/m1/s1. The number of rotatable bonds is 3. The Hall–Kier alpha value is -4.36. The van der Waals surface area contributed by atoms with Crippen LogP contribution < -0.4 is 9.96 Å². The first kappa shape index (κ1) is 20.3. The molecule has 2 N–H and O–H groups in total. The van der Waals surface area contributed by atoms with Crippen LogP contribution in [0.4, 0.5) is 11.4 Å². The van der Waals surface area contributed by atoms with E-state index in [0.29, 0.717) is 16.9 Å². The Morgan fingerprint density at radius 2 is 1.47 bits per heavy atom. The zero-order valence-corrected chi connectivity index (χ0v) is 17.9. The number of hydrogen-bond donors (Lipinski definition) is 2. The number of carbonyl (C=O) groups is 2. The molecule has 0 unspecified atom stereocenters. The largest absolute Gasteiger partial charge is 0.504 e. The van der Waals surface area contributed by atoms with Gasteiger partial charge in [0.15, 0.2) is 17.6 Å². The maximum Gasteiger partial charge on any atom is 0.266 e. The minimum Gasteiger partial charge on any atom is -0.504 e. The predicted octanol–water partition coefficient (Wildman–Crippen LogP) is 4.30. The van der Waals surface area contributed by atoms with E-state index in [2.05, 4.69) is 0 Å². The highest BCUT2D eigenvalue weighted by molar-refractivity contribution is 6.26. The predicted molar refractivity (Wildman–Crippen MR) is 126 cm³/mol.